The number of rotatable bonds is 4. The Morgan fingerprint density at radius 2 is 0.842 bits per heavy atom. The third-order valence-corrected chi connectivity index (χ3v) is 6.84. The third-order valence-electron chi connectivity index (χ3n) is 6.84. The molecule has 2 aromatic heterocycles. The molecule has 5 aromatic carbocycles. The molecular formula is C34H22N4. The second-order valence-corrected chi connectivity index (χ2v) is 9.13. The monoisotopic (exact) mass is 486 g/mol. The van der Waals surface area contributed by atoms with Crippen LogP contribution in [0.4, 0.5) is 0 Å². The van der Waals surface area contributed by atoms with E-state index in [1.807, 2.05) is 24.4 Å². The average molecular weight is 487 g/mol. The molecule has 0 fully saturated rings. The molecule has 0 spiro atoms. The number of aromatic nitrogens is 4. The van der Waals surface area contributed by atoms with E-state index < -0.39 is 0 Å². The number of hydrogen-bond donors (Lipinski definition) is 0. The summed E-state index contributed by atoms with van der Waals surface area (Å²) in [7, 11) is 0. The molecule has 0 saturated heterocycles. The maximum absolute atomic E-state index is 5.18. The van der Waals surface area contributed by atoms with Crippen LogP contribution < -0.4 is 0 Å². The van der Waals surface area contributed by atoms with Crippen LogP contribution in [0.15, 0.2) is 134 Å². The molecular weight excluding hydrogens is 464 g/mol. The molecule has 0 bridgehead atoms. The highest BCUT2D eigenvalue weighted by molar-refractivity contribution is 6.17. The van der Waals surface area contributed by atoms with Gasteiger partial charge in [-0.3, -0.25) is 9.97 Å². The molecule has 2 heterocycles. The number of benzene rings is 5. The van der Waals surface area contributed by atoms with Crippen LogP contribution in [0.25, 0.3) is 66.7 Å². The summed E-state index contributed by atoms with van der Waals surface area (Å²) < 4.78 is 0. The lowest BCUT2D eigenvalue weighted by molar-refractivity contribution is 1.22. The Morgan fingerprint density at radius 3 is 1.45 bits per heavy atom. The van der Waals surface area contributed by atoms with E-state index in [4.69, 9.17) is 19.9 Å². The third kappa shape index (κ3) is 3.80. The van der Waals surface area contributed by atoms with Crippen LogP contribution in [0.3, 0.4) is 0 Å². The van der Waals surface area contributed by atoms with E-state index in [1.165, 1.54) is 5.56 Å². The van der Waals surface area contributed by atoms with Gasteiger partial charge in [0.25, 0.3) is 0 Å². The Bertz CT molecular complexity index is 1880. The molecule has 0 saturated carbocycles. The van der Waals surface area contributed by atoms with Crippen LogP contribution in [0.5, 0.6) is 0 Å². The molecule has 4 heteroatoms. The van der Waals surface area contributed by atoms with Crippen LogP contribution >= 0.6 is 0 Å². The fourth-order valence-corrected chi connectivity index (χ4v) is 5.05. The fourth-order valence-electron chi connectivity index (χ4n) is 5.05. The molecule has 0 atom stereocenters. The van der Waals surface area contributed by atoms with Crippen molar-refractivity contribution >= 4 is 21.9 Å². The molecule has 0 unspecified atom stereocenters. The normalized spacial score (nSPS) is 11.2. The van der Waals surface area contributed by atoms with Gasteiger partial charge in [0.05, 0.1) is 11.0 Å². The number of hydrogen-bond acceptors (Lipinski definition) is 4. The zero-order valence-electron chi connectivity index (χ0n) is 20.5. The summed E-state index contributed by atoms with van der Waals surface area (Å²) in [6.45, 7) is 0. The maximum atomic E-state index is 5.18. The average Bonchev–Trinajstić information content (AvgIpc) is 3.01. The summed E-state index contributed by atoms with van der Waals surface area (Å²) in [5, 5.41) is 0.885. The first kappa shape index (κ1) is 22.0. The topological polar surface area (TPSA) is 51.6 Å². The molecule has 0 amide bonds. The first-order chi connectivity index (χ1) is 18.9. The highest BCUT2D eigenvalue weighted by atomic mass is 14.9. The van der Waals surface area contributed by atoms with Gasteiger partial charge < -0.3 is 0 Å². The van der Waals surface area contributed by atoms with E-state index in [0.29, 0.717) is 5.82 Å². The van der Waals surface area contributed by atoms with Gasteiger partial charge in [-0.25, -0.2) is 9.97 Å². The minimum Gasteiger partial charge on any atom is -0.252 e. The lowest BCUT2D eigenvalue weighted by Gasteiger charge is -2.17. The van der Waals surface area contributed by atoms with Crippen molar-refractivity contribution in [3.8, 4) is 44.8 Å². The molecule has 0 aliphatic heterocycles. The number of nitrogens with zero attached hydrogens (tertiary/aromatic N) is 4. The van der Waals surface area contributed by atoms with Gasteiger partial charge in [0.2, 0.25) is 0 Å². The second kappa shape index (κ2) is 9.34. The van der Waals surface area contributed by atoms with Crippen molar-refractivity contribution in [3.63, 3.8) is 0 Å². The lowest BCUT2D eigenvalue weighted by atomic mass is 9.90. The van der Waals surface area contributed by atoms with Gasteiger partial charge in [-0.05, 0) is 22.3 Å². The quantitative estimate of drug-likeness (QED) is 0.235. The van der Waals surface area contributed by atoms with Gasteiger partial charge in [-0.1, -0.05) is 115 Å². The Kier molecular flexibility index (Phi) is 5.41. The van der Waals surface area contributed by atoms with Crippen molar-refractivity contribution in [2.75, 3.05) is 0 Å². The molecule has 7 rings (SSSR count). The fraction of sp³-hybridized carbons (Fsp3) is 0. The number of fused-ring (bicyclic) bond motifs is 3. The van der Waals surface area contributed by atoms with Crippen molar-refractivity contribution in [2.45, 2.75) is 0 Å². The zero-order valence-corrected chi connectivity index (χ0v) is 20.5. The van der Waals surface area contributed by atoms with E-state index in [2.05, 4.69) is 97.1 Å². The van der Waals surface area contributed by atoms with Gasteiger partial charge in [0, 0.05) is 40.7 Å². The molecule has 0 aliphatic rings. The molecule has 0 aliphatic carbocycles. The summed E-state index contributed by atoms with van der Waals surface area (Å²) in [5.41, 5.74) is 10.0. The van der Waals surface area contributed by atoms with Gasteiger partial charge in [-0.15, -0.1) is 0 Å². The summed E-state index contributed by atoms with van der Waals surface area (Å²) in [5.74, 6) is 0.677. The van der Waals surface area contributed by atoms with Crippen molar-refractivity contribution in [2.24, 2.45) is 0 Å². The second-order valence-electron chi connectivity index (χ2n) is 9.13. The van der Waals surface area contributed by atoms with E-state index in [-0.39, 0.29) is 0 Å². The van der Waals surface area contributed by atoms with Gasteiger partial charge in [0.1, 0.15) is 5.52 Å². The predicted molar refractivity (Wildman–Crippen MR) is 154 cm³/mol. The first-order valence-electron chi connectivity index (χ1n) is 12.6. The van der Waals surface area contributed by atoms with Crippen molar-refractivity contribution in [1.82, 2.24) is 19.9 Å². The van der Waals surface area contributed by atoms with Crippen LogP contribution in [0, 0.1) is 0 Å². The predicted octanol–water partition coefficient (Wildman–Crippen LogP) is 8.24. The summed E-state index contributed by atoms with van der Waals surface area (Å²) >= 11 is 0. The van der Waals surface area contributed by atoms with E-state index >= 15 is 0 Å². The van der Waals surface area contributed by atoms with Crippen LogP contribution in [0.1, 0.15) is 0 Å². The minimum atomic E-state index is 0.677. The van der Waals surface area contributed by atoms with Crippen molar-refractivity contribution < 1.29 is 0 Å². The Hall–Kier alpha value is -5.22. The van der Waals surface area contributed by atoms with E-state index in [1.54, 1.807) is 12.4 Å². The summed E-state index contributed by atoms with van der Waals surface area (Å²) in [6.07, 6.45) is 5.37. The Morgan fingerprint density at radius 1 is 0.368 bits per heavy atom. The van der Waals surface area contributed by atoms with Crippen LogP contribution in [0.2, 0.25) is 0 Å². The molecule has 7 aromatic rings. The Balaban J connectivity index is 1.51. The maximum Gasteiger partial charge on any atom is 0.159 e. The zero-order chi connectivity index (χ0) is 25.3. The summed E-state index contributed by atoms with van der Waals surface area (Å²) in [4.78, 5) is 19.5. The lowest BCUT2D eigenvalue weighted by Crippen LogP contribution is -1.98. The minimum absolute atomic E-state index is 0.677. The molecule has 0 N–H and O–H groups in total. The van der Waals surface area contributed by atoms with E-state index in [9.17, 15) is 0 Å². The highest BCUT2D eigenvalue weighted by Crippen LogP contribution is 2.42. The summed E-state index contributed by atoms with van der Waals surface area (Å²) in [6, 6.07) is 39.6. The highest BCUT2D eigenvalue weighted by Gasteiger charge is 2.21. The van der Waals surface area contributed by atoms with Crippen LogP contribution in [-0.2, 0) is 0 Å². The molecule has 0 radical (unpaired) electrons. The molecule has 38 heavy (non-hydrogen) atoms. The SMILES string of the molecule is c1ccc(-c2ccc(-c3ncc4c(n3)c(-c3ccccc3)c(-c3ccccc3)c3nccnc34)cc2)cc1. The molecule has 4 nitrogen and oxygen atoms in total. The van der Waals surface area contributed by atoms with Crippen molar-refractivity contribution in [1.29, 1.82) is 0 Å². The van der Waals surface area contributed by atoms with Crippen molar-refractivity contribution in [3.05, 3.63) is 134 Å². The Labute approximate surface area is 220 Å². The van der Waals surface area contributed by atoms with E-state index in [0.717, 1.165) is 55.3 Å². The smallest absolute Gasteiger partial charge is 0.159 e. The first-order valence-corrected chi connectivity index (χ1v) is 12.6. The van der Waals surface area contributed by atoms with Crippen LogP contribution in [-0.4, -0.2) is 19.9 Å². The van der Waals surface area contributed by atoms with Gasteiger partial charge in [0.15, 0.2) is 5.82 Å². The molecule has 178 valence electrons. The van der Waals surface area contributed by atoms with Gasteiger partial charge in [-0.2, -0.15) is 0 Å². The standard InChI is InChI=1S/C34H22N4/c1-4-10-23(11-5-1)24-16-18-27(19-17-24)34-37-22-28-31(38-34)29(25-12-6-2-7-13-25)30(26-14-8-3-9-15-26)33-32(28)35-20-21-36-33/h1-22H. The van der Waals surface area contributed by atoms with Gasteiger partial charge >= 0.3 is 0 Å². The largest absolute Gasteiger partial charge is 0.252 e.